The predicted molar refractivity (Wildman–Crippen MR) is 118 cm³/mol. The normalized spacial score (nSPS) is 18.7. The van der Waals surface area contributed by atoms with Gasteiger partial charge in [-0.2, -0.15) is 5.26 Å². The van der Waals surface area contributed by atoms with Gasteiger partial charge >= 0.3 is 0 Å². The topological polar surface area (TPSA) is 89.2 Å². The Morgan fingerprint density at radius 3 is 2.42 bits per heavy atom. The first kappa shape index (κ1) is 21.3. The van der Waals surface area contributed by atoms with Gasteiger partial charge in [0.1, 0.15) is 5.82 Å². The molecule has 1 spiro atoms. The minimum atomic E-state index is -0.685. The summed E-state index contributed by atoms with van der Waals surface area (Å²) < 4.78 is 26.4. The van der Waals surface area contributed by atoms with Gasteiger partial charge in [-0.1, -0.05) is 0 Å². The third kappa shape index (κ3) is 4.13. The molecule has 2 aromatic heterocycles. The molecule has 1 N–H and O–H groups in total. The summed E-state index contributed by atoms with van der Waals surface area (Å²) in [5.41, 5.74) is 1.77. The van der Waals surface area contributed by atoms with E-state index in [1.807, 2.05) is 0 Å². The second-order valence-electron chi connectivity index (χ2n) is 8.47. The van der Waals surface area contributed by atoms with E-state index in [0.717, 1.165) is 5.69 Å². The zero-order valence-corrected chi connectivity index (χ0v) is 18.0. The Bertz CT molecular complexity index is 1180. The molecule has 1 aromatic carbocycles. The molecule has 1 aliphatic heterocycles. The molecule has 2 fully saturated rings. The van der Waals surface area contributed by atoms with Crippen molar-refractivity contribution in [1.29, 1.82) is 5.26 Å². The van der Waals surface area contributed by atoms with Crippen LogP contribution in [0.5, 0.6) is 0 Å². The highest BCUT2D eigenvalue weighted by molar-refractivity contribution is 6.04. The summed E-state index contributed by atoms with van der Waals surface area (Å²) in [5.74, 6) is -1.14. The van der Waals surface area contributed by atoms with Crippen molar-refractivity contribution in [2.45, 2.75) is 36.9 Å². The predicted octanol–water partition coefficient (Wildman–Crippen LogP) is 4.34. The van der Waals surface area contributed by atoms with Crippen molar-refractivity contribution in [2.24, 2.45) is 0 Å². The van der Waals surface area contributed by atoms with Crippen LogP contribution in [-0.4, -0.2) is 34.5 Å². The number of carbonyl (C=O) groups excluding carboxylic acids is 1. The molecular formula is C25H23FN4O3. The summed E-state index contributed by atoms with van der Waals surface area (Å²) in [6.07, 6.45) is 7.54. The van der Waals surface area contributed by atoms with Crippen LogP contribution < -0.4 is 5.32 Å². The summed E-state index contributed by atoms with van der Waals surface area (Å²) in [5, 5.41) is 12.8. The number of benzene rings is 1. The molecule has 0 radical (unpaired) electrons. The fourth-order valence-electron chi connectivity index (χ4n) is 4.53. The van der Waals surface area contributed by atoms with Gasteiger partial charge in [0.2, 0.25) is 0 Å². The van der Waals surface area contributed by atoms with Crippen molar-refractivity contribution in [2.75, 3.05) is 18.5 Å². The Hall–Kier alpha value is -3.54. The fraction of sp³-hybridized carbons (Fsp3) is 0.320. The number of pyridine rings is 1. The van der Waals surface area contributed by atoms with Gasteiger partial charge in [-0.05, 0) is 55.3 Å². The van der Waals surface area contributed by atoms with Gasteiger partial charge in [-0.3, -0.25) is 9.78 Å². The zero-order valence-electron chi connectivity index (χ0n) is 18.0. The molecule has 3 aromatic rings. The lowest BCUT2D eigenvalue weighted by Crippen LogP contribution is -2.41. The molecule has 33 heavy (non-hydrogen) atoms. The van der Waals surface area contributed by atoms with Gasteiger partial charge in [-0.15, -0.1) is 0 Å². The highest BCUT2D eigenvalue weighted by atomic mass is 19.1. The fourth-order valence-corrected chi connectivity index (χ4v) is 4.53. The highest BCUT2D eigenvalue weighted by Crippen LogP contribution is 2.45. The summed E-state index contributed by atoms with van der Waals surface area (Å²) >= 11 is 0. The minimum Gasteiger partial charge on any atom is -0.348 e. The van der Waals surface area contributed by atoms with E-state index in [4.69, 9.17) is 9.47 Å². The third-order valence-corrected chi connectivity index (χ3v) is 6.48. The van der Waals surface area contributed by atoms with Crippen LogP contribution in [0.4, 0.5) is 10.1 Å². The van der Waals surface area contributed by atoms with Crippen molar-refractivity contribution in [3.63, 3.8) is 0 Å². The standard InChI is InChI=1S/C25H23FN4O3/c26-19-1-4-21(5-2-19)30-12-7-18(16-30)23(31)29-20-3-6-22(28-15-20)24(17-27)8-10-25(11-9-24)32-13-14-33-25/h1-7,12,15-16H,8-11,13-14H2,(H,29,31). The molecule has 1 aliphatic carbocycles. The first-order chi connectivity index (χ1) is 16.0. The maximum atomic E-state index is 13.1. The molecule has 168 valence electrons. The zero-order chi connectivity index (χ0) is 22.9. The first-order valence-electron chi connectivity index (χ1n) is 10.9. The summed E-state index contributed by atoms with van der Waals surface area (Å²) in [7, 11) is 0. The number of nitrogens with zero attached hydrogens (tertiary/aromatic N) is 3. The van der Waals surface area contributed by atoms with Gasteiger partial charge < -0.3 is 19.4 Å². The summed E-state index contributed by atoms with van der Waals surface area (Å²) in [6, 6.07) is 13.7. The Labute approximate surface area is 190 Å². The van der Waals surface area contributed by atoms with Crippen molar-refractivity contribution in [3.8, 4) is 11.8 Å². The molecule has 0 unspecified atom stereocenters. The van der Waals surface area contributed by atoms with E-state index in [2.05, 4.69) is 16.4 Å². The van der Waals surface area contributed by atoms with E-state index in [-0.39, 0.29) is 11.7 Å². The van der Waals surface area contributed by atoms with Crippen LogP contribution in [0.2, 0.25) is 0 Å². The number of amides is 1. The van der Waals surface area contributed by atoms with E-state index < -0.39 is 11.2 Å². The Morgan fingerprint density at radius 1 is 1.06 bits per heavy atom. The quantitative estimate of drug-likeness (QED) is 0.644. The number of hydrogen-bond acceptors (Lipinski definition) is 5. The van der Waals surface area contributed by atoms with E-state index in [9.17, 15) is 14.4 Å². The van der Waals surface area contributed by atoms with E-state index in [1.165, 1.54) is 12.1 Å². The average molecular weight is 446 g/mol. The van der Waals surface area contributed by atoms with Crippen LogP contribution in [0.25, 0.3) is 5.69 Å². The number of ether oxygens (including phenoxy) is 2. The van der Waals surface area contributed by atoms with Crippen LogP contribution in [0.15, 0.2) is 61.1 Å². The number of halogens is 1. The molecule has 0 bridgehead atoms. The van der Waals surface area contributed by atoms with Gasteiger partial charge in [0, 0.05) is 30.9 Å². The average Bonchev–Trinajstić information content (AvgIpc) is 3.52. The lowest BCUT2D eigenvalue weighted by Gasteiger charge is -2.39. The Balaban J connectivity index is 1.26. The van der Waals surface area contributed by atoms with Crippen LogP contribution in [-0.2, 0) is 14.9 Å². The minimum absolute atomic E-state index is 0.282. The lowest BCUT2D eigenvalue weighted by molar-refractivity contribution is -0.182. The van der Waals surface area contributed by atoms with Crippen molar-refractivity contribution in [3.05, 3.63) is 78.1 Å². The van der Waals surface area contributed by atoms with Crippen molar-refractivity contribution in [1.82, 2.24) is 9.55 Å². The summed E-state index contributed by atoms with van der Waals surface area (Å²) in [6.45, 7) is 1.19. The highest BCUT2D eigenvalue weighted by Gasteiger charge is 2.48. The van der Waals surface area contributed by atoms with Crippen LogP contribution >= 0.6 is 0 Å². The lowest BCUT2D eigenvalue weighted by atomic mass is 9.70. The molecule has 0 atom stereocenters. The van der Waals surface area contributed by atoms with Crippen molar-refractivity contribution < 1.29 is 18.7 Å². The van der Waals surface area contributed by atoms with Gasteiger partial charge in [-0.25, -0.2) is 4.39 Å². The molecule has 1 saturated carbocycles. The Kier molecular flexibility index (Phi) is 5.44. The molecule has 3 heterocycles. The number of anilines is 1. The van der Waals surface area contributed by atoms with Crippen molar-refractivity contribution >= 4 is 11.6 Å². The second kappa shape index (κ2) is 8.43. The van der Waals surface area contributed by atoms with E-state index in [0.29, 0.717) is 55.8 Å². The Morgan fingerprint density at radius 2 is 1.79 bits per heavy atom. The number of rotatable bonds is 4. The van der Waals surface area contributed by atoms with Gasteiger partial charge in [0.15, 0.2) is 5.79 Å². The third-order valence-electron chi connectivity index (χ3n) is 6.48. The molecule has 7 nitrogen and oxygen atoms in total. The first-order valence-corrected chi connectivity index (χ1v) is 10.9. The monoisotopic (exact) mass is 446 g/mol. The number of nitriles is 1. The number of carbonyl (C=O) groups is 1. The van der Waals surface area contributed by atoms with Crippen LogP contribution in [0, 0.1) is 17.1 Å². The number of nitrogens with one attached hydrogen (secondary N) is 1. The smallest absolute Gasteiger partial charge is 0.257 e. The second-order valence-corrected chi connectivity index (χ2v) is 8.47. The molecule has 8 heteroatoms. The van der Waals surface area contributed by atoms with Crippen LogP contribution in [0.1, 0.15) is 41.7 Å². The molecule has 1 saturated heterocycles. The number of aromatic nitrogens is 2. The molecule has 2 aliphatic rings. The molecule has 5 rings (SSSR count). The SMILES string of the molecule is N#CC1(c2ccc(NC(=O)c3ccn(-c4ccc(F)cc4)c3)cn2)CCC2(CC1)OCCO2. The maximum Gasteiger partial charge on any atom is 0.257 e. The van der Waals surface area contributed by atoms with E-state index in [1.54, 1.807) is 53.5 Å². The van der Waals surface area contributed by atoms with E-state index >= 15 is 0 Å². The van der Waals surface area contributed by atoms with Gasteiger partial charge in [0.25, 0.3) is 5.91 Å². The maximum absolute atomic E-state index is 13.1. The molecule has 1 amide bonds. The number of hydrogen-bond donors (Lipinski definition) is 1. The molecular weight excluding hydrogens is 423 g/mol. The summed E-state index contributed by atoms with van der Waals surface area (Å²) in [4.78, 5) is 17.2. The largest absolute Gasteiger partial charge is 0.348 e. The van der Waals surface area contributed by atoms with Gasteiger partial charge in [0.05, 0.1) is 47.8 Å². The van der Waals surface area contributed by atoms with Crippen LogP contribution in [0.3, 0.4) is 0 Å².